The summed E-state index contributed by atoms with van der Waals surface area (Å²) < 4.78 is 10.4. The van der Waals surface area contributed by atoms with Crippen LogP contribution in [0.1, 0.15) is 29.5 Å². The van der Waals surface area contributed by atoms with Crippen molar-refractivity contribution in [2.45, 2.75) is 19.8 Å². The molecule has 26 heavy (non-hydrogen) atoms. The minimum atomic E-state index is -0.425. The van der Waals surface area contributed by atoms with Crippen LogP contribution in [0.2, 0.25) is 0 Å². The lowest BCUT2D eigenvalue weighted by Crippen LogP contribution is -2.27. The first-order valence-corrected chi connectivity index (χ1v) is 8.39. The molecule has 0 saturated heterocycles. The number of nitrogens with one attached hydrogen (secondary N) is 1. The molecule has 0 unspecified atom stereocenters. The molecule has 1 N–H and O–H groups in total. The molecule has 0 atom stereocenters. The number of hydrogen-bond donors (Lipinski definition) is 1. The van der Waals surface area contributed by atoms with Crippen molar-refractivity contribution in [3.63, 3.8) is 0 Å². The van der Waals surface area contributed by atoms with Crippen LogP contribution in [-0.2, 0) is 11.2 Å². The Hall–Kier alpha value is -3.35. The Labute approximate surface area is 149 Å². The standard InChI is InChI=1S/C19H17N3O4/c1-2-17(23)22-8-7-13-10-12(5-6-15(13)22)14-11-26-19(20-14)21-18(24)16-4-3-9-25-16/h3-6,9-11H,2,7-8H2,1H3,(H,20,21,24). The molecule has 7 nitrogen and oxygen atoms in total. The molecular weight excluding hydrogens is 334 g/mol. The number of amides is 2. The quantitative estimate of drug-likeness (QED) is 0.777. The fourth-order valence-corrected chi connectivity index (χ4v) is 3.04. The third-order valence-electron chi connectivity index (χ3n) is 4.34. The van der Waals surface area contributed by atoms with E-state index in [0.717, 1.165) is 23.2 Å². The summed E-state index contributed by atoms with van der Waals surface area (Å²) >= 11 is 0. The van der Waals surface area contributed by atoms with Gasteiger partial charge in [-0.05, 0) is 36.2 Å². The normalized spacial score (nSPS) is 12.9. The van der Waals surface area contributed by atoms with Crippen LogP contribution < -0.4 is 10.2 Å². The van der Waals surface area contributed by atoms with Crippen LogP contribution >= 0.6 is 0 Å². The number of rotatable bonds is 4. The lowest BCUT2D eigenvalue weighted by molar-refractivity contribution is -0.118. The number of benzene rings is 1. The average molecular weight is 351 g/mol. The molecule has 0 bridgehead atoms. The van der Waals surface area contributed by atoms with Gasteiger partial charge in [0, 0.05) is 24.2 Å². The second kappa shape index (κ2) is 6.51. The summed E-state index contributed by atoms with van der Waals surface area (Å²) in [5, 5.41) is 2.55. The summed E-state index contributed by atoms with van der Waals surface area (Å²) in [4.78, 5) is 30.1. The van der Waals surface area contributed by atoms with Crippen molar-refractivity contribution in [1.29, 1.82) is 0 Å². The Morgan fingerprint density at radius 2 is 2.15 bits per heavy atom. The average Bonchev–Trinajstić information content (AvgIpc) is 3.40. The van der Waals surface area contributed by atoms with Gasteiger partial charge in [0.15, 0.2) is 5.76 Å². The van der Waals surface area contributed by atoms with Gasteiger partial charge >= 0.3 is 6.01 Å². The molecule has 1 aliphatic rings. The van der Waals surface area contributed by atoms with Crippen molar-refractivity contribution in [3.8, 4) is 11.3 Å². The second-order valence-corrected chi connectivity index (χ2v) is 5.96. The monoisotopic (exact) mass is 351 g/mol. The topological polar surface area (TPSA) is 88.6 Å². The molecule has 132 valence electrons. The largest absolute Gasteiger partial charge is 0.459 e. The van der Waals surface area contributed by atoms with Gasteiger partial charge in [-0.1, -0.05) is 13.0 Å². The van der Waals surface area contributed by atoms with Crippen molar-refractivity contribution >= 4 is 23.5 Å². The molecule has 1 aliphatic heterocycles. The Kier molecular flexibility index (Phi) is 4.04. The van der Waals surface area contributed by atoms with Crippen molar-refractivity contribution in [2.24, 2.45) is 0 Å². The Bertz CT molecular complexity index is 959. The van der Waals surface area contributed by atoms with E-state index in [-0.39, 0.29) is 17.7 Å². The highest BCUT2D eigenvalue weighted by Gasteiger charge is 2.24. The van der Waals surface area contributed by atoms with Gasteiger partial charge in [0.1, 0.15) is 12.0 Å². The van der Waals surface area contributed by atoms with Crippen LogP contribution in [0, 0.1) is 0 Å². The highest BCUT2D eigenvalue weighted by atomic mass is 16.4. The molecule has 3 aromatic rings. The van der Waals surface area contributed by atoms with E-state index in [1.165, 1.54) is 12.5 Å². The molecule has 0 saturated carbocycles. The molecule has 2 amide bonds. The van der Waals surface area contributed by atoms with Crippen LogP contribution in [0.3, 0.4) is 0 Å². The lowest BCUT2D eigenvalue weighted by Gasteiger charge is -2.16. The highest BCUT2D eigenvalue weighted by Crippen LogP contribution is 2.32. The first-order valence-electron chi connectivity index (χ1n) is 8.39. The van der Waals surface area contributed by atoms with Crippen LogP contribution in [0.4, 0.5) is 11.7 Å². The number of carbonyl (C=O) groups is 2. The smallest absolute Gasteiger partial charge is 0.302 e. The lowest BCUT2D eigenvalue weighted by atomic mass is 10.1. The van der Waals surface area contributed by atoms with Gasteiger partial charge in [0.2, 0.25) is 5.91 Å². The second-order valence-electron chi connectivity index (χ2n) is 5.96. The molecule has 0 fully saturated rings. The summed E-state index contributed by atoms with van der Waals surface area (Å²) in [6.45, 7) is 2.57. The minimum absolute atomic E-state index is 0.102. The van der Waals surface area contributed by atoms with E-state index in [1.807, 2.05) is 30.0 Å². The van der Waals surface area contributed by atoms with Gasteiger partial charge in [-0.15, -0.1) is 0 Å². The number of fused-ring (bicyclic) bond motifs is 1. The van der Waals surface area contributed by atoms with Gasteiger partial charge in [0.25, 0.3) is 5.91 Å². The molecular formula is C19H17N3O4. The van der Waals surface area contributed by atoms with E-state index >= 15 is 0 Å². The van der Waals surface area contributed by atoms with Gasteiger partial charge in [-0.25, -0.2) is 0 Å². The maximum Gasteiger partial charge on any atom is 0.302 e. The molecule has 7 heteroatoms. The third kappa shape index (κ3) is 2.88. The molecule has 0 aliphatic carbocycles. The van der Waals surface area contributed by atoms with Crippen molar-refractivity contribution in [2.75, 3.05) is 16.8 Å². The van der Waals surface area contributed by atoms with Gasteiger partial charge in [-0.3, -0.25) is 14.9 Å². The van der Waals surface area contributed by atoms with E-state index in [1.54, 1.807) is 12.1 Å². The first kappa shape index (κ1) is 16.1. The summed E-state index contributed by atoms with van der Waals surface area (Å²) in [7, 11) is 0. The van der Waals surface area contributed by atoms with E-state index in [9.17, 15) is 9.59 Å². The van der Waals surface area contributed by atoms with Crippen LogP contribution in [-0.4, -0.2) is 23.3 Å². The van der Waals surface area contributed by atoms with Crippen molar-refractivity contribution in [3.05, 3.63) is 54.2 Å². The van der Waals surface area contributed by atoms with Gasteiger partial charge in [0.05, 0.1) is 6.26 Å². The number of nitrogens with zero attached hydrogens (tertiary/aromatic N) is 2. The zero-order chi connectivity index (χ0) is 18.1. The predicted octanol–water partition coefficient (Wildman–Crippen LogP) is 3.49. The Morgan fingerprint density at radius 1 is 1.27 bits per heavy atom. The predicted molar refractivity (Wildman–Crippen MR) is 94.9 cm³/mol. The van der Waals surface area contributed by atoms with Gasteiger partial charge in [-0.2, -0.15) is 4.98 Å². The first-order chi connectivity index (χ1) is 12.7. The molecule has 1 aromatic carbocycles. The van der Waals surface area contributed by atoms with E-state index in [0.29, 0.717) is 18.7 Å². The SMILES string of the molecule is CCC(=O)N1CCc2cc(-c3coc(NC(=O)c4ccco4)n3)ccc21. The summed E-state index contributed by atoms with van der Waals surface area (Å²) in [6.07, 6.45) is 4.22. The summed E-state index contributed by atoms with van der Waals surface area (Å²) in [5.74, 6) is -0.116. The number of aromatic nitrogens is 1. The van der Waals surface area contributed by atoms with Crippen LogP contribution in [0.15, 0.2) is 51.7 Å². The molecule has 0 spiro atoms. The Morgan fingerprint density at radius 3 is 2.92 bits per heavy atom. The maximum absolute atomic E-state index is 12.0. The third-order valence-corrected chi connectivity index (χ3v) is 4.34. The number of oxazole rings is 1. The van der Waals surface area contributed by atoms with Crippen LogP contribution in [0.5, 0.6) is 0 Å². The zero-order valence-corrected chi connectivity index (χ0v) is 14.2. The number of anilines is 2. The van der Waals surface area contributed by atoms with Crippen LogP contribution in [0.25, 0.3) is 11.3 Å². The molecule has 2 aromatic heterocycles. The number of hydrogen-bond acceptors (Lipinski definition) is 5. The molecule has 0 radical (unpaired) electrons. The molecule has 4 rings (SSSR count). The zero-order valence-electron chi connectivity index (χ0n) is 14.2. The maximum atomic E-state index is 12.0. The summed E-state index contributed by atoms with van der Waals surface area (Å²) in [5.41, 5.74) is 3.54. The van der Waals surface area contributed by atoms with Crippen molar-refractivity contribution in [1.82, 2.24) is 4.98 Å². The fourth-order valence-electron chi connectivity index (χ4n) is 3.04. The summed E-state index contributed by atoms with van der Waals surface area (Å²) in [6, 6.07) is 9.13. The number of furan rings is 1. The fraction of sp³-hybridized carbons (Fsp3) is 0.211. The van der Waals surface area contributed by atoms with Crippen molar-refractivity contribution < 1.29 is 18.4 Å². The number of carbonyl (C=O) groups excluding carboxylic acids is 2. The minimum Gasteiger partial charge on any atom is -0.459 e. The molecule has 3 heterocycles. The van der Waals surface area contributed by atoms with Gasteiger partial charge < -0.3 is 13.7 Å². The van der Waals surface area contributed by atoms with E-state index < -0.39 is 5.91 Å². The Balaban J connectivity index is 1.53. The van der Waals surface area contributed by atoms with E-state index in [2.05, 4.69) is 10.3 Å². The highest BCUT2D eigenvalue weighted by molar-refractivity contribution is 6.01. The van der Waals surface area contributed by atoms with E-state index in [4.69, 9.17) is 8.83 Å².